The molecule has 1 amide bonds. The summed E-state index contributed by atoms with van der Waals surface area (Å²) >= 11 is 6.87. The van der Waals surface area contributed by atoms with Crippen LogP contribution in [0.25, 0.3) is 6.08 Å². The van der Waals surface area contributed by atoms with Crippen LogP contribution in [0, 0.1) is 25.2 Å². The van der Waals surface area contributed by atoms with Crippen LogP contribution in [0.4, 0.5) is 5.82 Å². The Hall–Kier alpha value is -2.89. The Morgan fingerprint density at radius 3 is 2.36 bits per heavy atom. The molecule has 0 bridgehead atoms. The quantitative estimate of drug-likeness (QED) is 0.369. The standard InChI is InChI=1S/C28H32N4O2S2/c1-4-13-31-25(30-14-7-5-6-8-15-30)22(20(3)23(17-29)26(31)33)16-24-27(34)32(28(35)36-24)18-21-11-9-19(2)10-12-21/h9-12,16H,4-8,13-15,18H2,1-3H3/b24-16-. The molecule has 0 unspecified atom stereocenters. The number of benzene rings is 1. The van der Waals surface area contributed by atoms with Gasteiger partial charge in [0.2, 0.25) is 0 Å². The molecule has 3 heterocycles. The van der Waals surface area contributed by atoms with Crippen LogP contribution in [0.3, 0.4) is 0 Å². The Morgan fingerprint density at radius 1 is 1.08 bits per heavy atom. The van der Waals surface area contributed by atoms with E-state index in [0.717, 1.165) is 67.7 Å². The van der Waals surface area contributed by atoms with Gasteiger partial charge in [0.15, 0.2) is 0 Å². The first-order valence-corrected chi connectivity index (χ1v) is 13.8. The van der Waals surface area contributed by atoms with Crippen molar-refractivity contribution in [2.75, 3.05) is 18.0 Å². The van der Waals surface area contributed by atoms with Gasteiger partial charge in [-0.15, -0.1) is 0 Å². The second kappa shape index (κ2) is 11.4. The van der Waals surface area contributed by atoms with Crippen LogP contribution in [0.1, 0.15) is 66.8 Å². The number of nitriles is 1. The second-order valence-electron chi connectivity index (χ2n) is 9.46. The predicted octanol–water partition coefficient (Wildman–Crippen LogP) is 5.53. The van der Waals surface area contributed by atoms with E-state index in [1.165, 1.54) is 11.8 Å². The molecular formula is C28H32N4O2S2. The van der Waals surface area contributed by atoms with Crippen LogP contribution in [-0.2, 0) is 17.9 Å². The van der Waals surface area contributed by atoms with E-state index in [1.54, 1.807) is 9.47 Å². The van der Waals surface area contributed by atoms with Crippen LogP contribution in [0.2, 0.25) is 0 Å². The van der Waals surface area contributed by atoms with Crippen molar-refractivity contribution in [1.82, 2.24) is 9.47 Å². The minimum atomic E-state index is -0.250. The van der Waals surface area contributed by atoms with Gasteiger partial charge in [-0.25, -0.2) is 0 Å². The Morgan fingerprint density at radius 2 is 1.75 bits per heavy atom. The fraction of sp³-hybridized carbons (Fsp3) is 0.429. The molecule has 8 heteroatoms. The summed E-state index contributed by atoms with van der Waals surface area (Å²) in [4.78, 5) is 31.2. The van der Waals surface area contributed by atoms with E-state index in [0.29, 0.717) is 27.9 Å². The van der Waals surface area contributed by atoms with E-state index in [4.69, 9.17) is 12.2 Å². The lowest BCUT2D eigenvalue weighted by Gasteiger charge is -2.29. The van der Waals surface area contributed by atoms with E-state index in [1.807, 2.05) is 51.1 Å². The van der Waals surface area contributed by atoms with Crippen molar-refractivity contribution < 1.29 is 4.79 Å². The van der Waals surface area contributed by atoms with E-state index in [-0.39, 0.29) is 17.0 Å². The number of nitrogens with zero attached hydrogens (tertiary/aromatic N) is 4. The number of carbonyl (C=O) groups is 1. The number of thioether (sulfide) groups is 1. The molecule has 0 spiro atoms. The summed E-state index contributed by atoms with van der Waals surface area (Å²) in [6.07, 6.45) is 7.06. The topological polar surface area (TPSA) is 69.3 Å². The Balaban J connectivity index is 1.81. The van der Waals surface area contributed by atoms with Crippen molar-refractivity contribution in [2.45, 2.75) is 66.0 Å². The maximum Gasteiger partial charge on any atom is 0.270 e. The van der Waals surface area contributed by atoms with Crippen molar-refractivity contribution in [3.05, 3.63) is 67.3 Å². The van der Waals surface area contributed by atoms with Gasteiger partial charge < -0.3 is 4.90 Å². The van der Waals surface area contributed by atoms with Crippen molar-refractivity contribution in [3.8, 4) is 6.07 Å². The van der Waals surface area contributed by atoms with Crippen molar-refractivity contribution >= 4 is 46.1 Å². The predicted molar refractivity (Wildman–Crippen MR) is 151 cm³/mol. The lowest BCUT2D eigenvalue weighted by molar-refractivity contribution is -0.122. The third-order valence-corrected chi connectivity index (χ3v) is 8.19. The number of hydrogen-bond donors (Lipinski definition) is 0. The molecule has 36 heavy (non-hydrogen) atoms. The molecule has 2 aliphatic rings. The number of thiocarbonyl (C=S) groups is 1. The lowest BCUT2D eigenvalue weighted by atomic mass is 10.0. The normalized spacial score (nSPS) is 17.6. The zero-order valence-corrected chi connectivity index (χ0v) is 22.8. The first kappa shape index (κ1) is 26.2. The summed E-state index contributed by atoms with van der Waals surface area (Å²) < 4.78 is 2.26. The second-order valence-corrected chi connectivity index (χ2v) is 11.1. The third kappa shape index (κ3) is 5.28. The zero-order valence-electron chi connectivity index (χ0n) is 21.2. The van der Waals surface area contributed by atoms with Gasteiger partial charge in [-0.3, -0.25) is 19.1 Å². The van der Waals surface area contributed by atoms with E-state index in [2.05, 4.69) is 11.0 Å². The first-order valence-electron chi connectivity index (χ1n) is 12.6. The number of amides is 1. The molecule has 0 N–H and O–H groups in total. The largest absolute Gasteiger partial charge is 0.357 e. The fourth-order valence-corrected chi connectivity index (χ4v) is 6.08. The van der Waals surface area contributed by atoms with Gasteiger partial charge in [0.1, 0.15) is 21.8 Å². The molecule has 6 nitrogen and oxygen atoms in total. The van der Waals surface area contributed by atoms with Gasteiger partial charge in [-0.05, 0) is 50.3 Å². The van der Waals surface area contributed by atoms with Crippen LogP contribution in [0.15, 0.2) is 34.0 Å². The van der Waals surface area contributed by atoms with E-state index < -0.39 is 0 Å². The maximum absolute atomic E-state index is 13.5. The summed E-state index contributed by atoms with van der Waals surface area (Å²) in [5.41, 5.74) is 3.47. The van der Waals surface area contributed by atoms with Gasteiger partial charge in [-0.1, -0.05) is 73.6 Å². The molecular weight excluding hydrogens is 488 g/mol. The van der Waals surface area contributed by atoms with E-state index >= 15 is 0 Å². The van der Waals surface area contributed by atoms with Gasteiger partial charge in [0.05, 0.1) is 11.4 Å². The third-order valence-electron chi connectivity index (χ3n) is 6.81. The zero-order chi connectivity index (χ0) is 25.8. The van der Waals surface area contributed by atoms with Gasteiger partial charge >= 0.3 is 0 Å². The highest BCUT2D eigenvalue weighted by Crippen LogP contribution is 2.37. The Labute approximate surface area is 222 Å². The first-order chi connectivity index (χ1) is 17.3. The number of carbonyl (C=O) groups excluding carboxylic acids is 1. The Kier molecular flexibility index (Phi) is 8.32. The van der Waals surface area contributed by atoms with Crippen LogP contribution < -0.4 is 10.5 Å². The summed E-state index contributed by atoms with van der Waals surface area (Å²) in [6, 6.07) is 10.2. The average Bonchev–Trinajstić information content (AvgIpc) is 3.03. The summed E-state index contributed by atoms with van der Waals surface area (Å²) in [6.45, 7) is 8.52. The number of hydrogen-bond acceptors (Lipinski definition) is 6. The van der Waals surface area contributed by atoms with Gasteiger partial charge in [-0.2, -0.15) is 5.26 Å². The molecule has 2 aliphatic heterocycles. The fourth-order valence-electron chi connectivity index (χ4n) is 4.84. The minimum Gasteiger partial charge on any atom is -0.357 e. The van der Waals surface area contributed by atoms with Gasteiger partial charge in [0, 0.05) is 25.2 Å². The number of anilines is 1. The molecule has 4 rings (SSSR count). The number of pyridine rings is 1. The minimum absolute atomic E-state index is 0.140. The Bertz CT molecular complexity index is 1300. The number of aromatic nitrogens is 1. The molecule has 0 aliphatic carbocycles. The van der Waals surface area contributed by atoms with Crippen LogP contribution in [0.5, 0.6) is 0 Å². The maximum atomic E-state index is 13.5. The van der Waals surface area contributed by atoms with Crippen molar-refractivity contribution in [2.24, 2.45) is 0 Å². The summed E-state index contributed by atoms with van der Waals surface area (Å²) in [5.74, 6) is 0.683. The SMILES string of the molecule is CCCn1c(N2CCCCCC2)c(/C=C2\SC(=S)N(Cc3ccc(C)cc3)C2=O)c(C)c(C#N)c1=O. The van der Waals surface area contributed by atoms with Crippen molar-refractivity contribution in [1.29, 1.82) is 5.26 Å². The molecule has 188 valence electrons. The number of rotatable bonds is 6. The molecule has 1 aromatic carbocycles. The molecule has 0 saturated carbocycles. The number of aryl methyl sites for hydroxylation is 1. The molecule has 2 saturated heterocycles. The molecule has 2 fully saturated rings. The highest BCUT2D eigenvalue weighted by molar-refractivity contribution is 8.26. The van der Waals surface area contributed by atoms with Crippen molar-refractivity contribution in [3.63, 3.8) is 0 Å². The van der Waals surface area contributed by atoms with Crippen LogP contribution >= 0.6 is 24.0 Å². The monoisotopic (exact) mass is 520 g/mol. The highest BCUT2D eigenvalue weighted by Gasteiger charge is 2.33. The smallest absolute Gasteiger partial charge is 0.270 e. The summed E-state index contributed by atoms with van der Waals surface area (Å²) in [5, 5.41) is 9.84. The van der Waals surface area contributed by atoms with E-state index in [9.17, 15) is 14.9 Å². The molecule has 0 radical (unpaired) electrons. The molecule has 2 aromatic rings. The van der Waals surface area contributed by atoms with Gasteiger partial charge in [0.25, 0.3) is 11.5 Å². The average molecular weight is 521 g/mol. The lowest BCUT2D eigenvalue weighted by Crippen LogP contribution is -2.35. The highest BCUT2D eigenvalue weighted by atomic mass is 32.2. The van der Waals surface area contributed by atoms with Crippen LogP contribution in [-0.4, -0.2) is 32.8 Å². The summed E-state index contributed by atoms with van der Waals surface area (Å²) in [7, 11) is 0. The molecule has 0 atom stereocenters. The molecule has 1 aromatic heterocycles.